The largest absolute Gasteiger partial charge is 0.276 e. The first kappa shape index (κ1) is 17.7. The Hall–Kier alpha value is -1.70. The SMILES string of the molecule is CCc1sc(C(=O)NNS(=O)(=O)c2cc(C)ccc2C)cc1C. The fraction of sp³-hybridized carbons (Fsp3) is 0.312. The third-order valence-electron chi connectivity index (χ3n) is 3.50. The highest BCUT2D eigenvalue weighted by Gasteiger charge is 2.19. The molecule has 0 aliphatic carbocycles. The lowest BCUT2D eigenvalue weighted by atomic mass is 10.2. The Morgan fingerprint density at radius 3 is 2.43 bits per heavy atom. The fourth-order valence-corrected chi connectivity index (χ4v) is 4.39. The number of aryl methyl sites for hydroxylation is 4. The summed E-state index contributed by atoms with van der Waals surface area (Å²) in [5.41, 5.74) is 4.78. The molecule has 0 saturated carbocycles. The van der Waals surface area contributed by atoms with Crippen molar-refractivity contribution in [3.63, 3.8) is 0 Å². The van der Waals surface area contributed by atoms with E-state index in [1.54, 1.807) is 25.1 Å². The van der Waals surface area contributed by atoms with Crippen molar-refractivity contribution < 1.29 is 13.2 Å². The van der Waals surface area contributed by atoms with Crippen molar-refractivity contribution in [1.29, 1.82) is 0 Å². The average molecular weight is 352 g/mol. The van der Waals surface area contributed by atoms with Crippen molar-refractivity contribution in [2.45, 2.75) is 39.0 Å². The molecule has 2 rings (SSSR count). The summed E-state index contributed by atoms with van der Waals surface area (Å²) in [7, 11) is -3.80. The van der Waals surface area contributed by atoms with Gasteiger partial charge in [-0.2, -0.15) is 0 Å². The second-order valence-corrected chi connectivity index (χ2v) is 8.19. The second kappa shape index (κ2) is 6.82. The zero-order valence-electron chi connectivity index (χ0n) is 13.6. The van der Waals surface area contributed by atoms with Crippen LogP contribution in [0, 0.1) is 20.8 Å². The number of sulfonamides is 1. The Bertz CT molecular complexity index is 839. The zero-order chi connectivity index (χ0) is 17.2. The van der Waals surface area contributed by atoms with E-state index in [1.807, 2.05) is 26.8 Å². The van der Waals surface area contributed by atoms with Crippen LogP contribution in [0.3, 0.4) is 0 Å². The highest BCUT2D eigenvalue weighted by atomic mass is 32.2. The Morgan fingerprint density at radius 1 is 1.13 bits per heavy atom. The maximum atomic E-state index is 12.3. The van der Waals surface area contributed by atoms with Crippen LogP contribution < -0.4 is 10.3 Å². The van der Waals surface area contributed by atoms with Gasteiger partial charge in [-0.05, 0) is 56.0 Å². The highest BCUT2D eigenvalue weighted by Crippen LogP contribution is 2.22. The molecule has 23 heavy (non-hydrogen) atoms. The number of amides is 1. The van der Waals surface area contributed by atoms with Crippen LogP contribution in [-0.2, 0) is 16.4 Å². The van der Waals surface area contributed by atoms with Crippen LogP contribution in [0.2, 0.25) is 0 Å². The first-order valence-electron chi connectivity index (χ1n) is 7.23. The van der Waals surface area contributed by atoms with E-state index in [4.69, 9.17) is 0 Å². The molecular weight excluding hydrogens is 332 g/mol. The van der Waals surface area contributed by atoms with Crippen LogP contribution >= 0.6 is 11.3 Å². The minimum absolute atomic E-state index is 0.161. The number of hydrogen-bond acceptors (Lipinski definition) is 4. The molecule has 1 amide bonds. The molecule has 1 heterocycles. The summed E-state index contributed by atoms with van der Waals surface area (Å²) in [5, 5.41) is 0. The predicted octanol–water partition coefficient (Wildman–Crippen LogP) is 2.86. The van der Waals surface area contributed by atoms with Gasteiger partial charge in [-0.25, -0.2) is 8.42 Å². The molecule has 0 radical (unpaired) electrons. The van der Waals surface area contributed by atoms with E-state index in [1.165, 1.54) is 11.3 Å². The minimum atomic E-state index is -3.80. The van der Waals surface area contributed by atoms with Crippen molar-refractivity contribution >= 4 is 27.3 Å². The molecule has 0 saturated heterocycles. The van der Waals surface area contributed by atoms with E-state index < -0.39 is 15.9 Å². The molecule has 2 aromatic rings. The van der Waals surface area contributed by atoms with Gasteiger partial charge in [0.15, 0.2) is 0 Å². The standard InChI is InChI=1S/C16H20N2O3S2/c1-5-13-12(4)9-14(22-13)16(19)17-18-23(20,21)15-8-10(2)6-7-11(15)3/h6-9,18H,5H2,1-4H3,(H,17,19). The summed E-state index contributed by atoms with van der Waals surface area (Å²) < 4.78 is 24.7. The van der Waals surface area contributed by atoms with Gasteiger partial charge in [0.2, 0.25) is 0 Å². The van der Waals surface area contributed by atoms with Crippen molar-refractivity contribution in [3.8, 4) is 0 Å². The van der Waals surface area contributed by atoms with E-state index in [0.717, 1.165) is 22.4 Å². The lowest BCUT2D eigenvalue weighted by molar-refractivity contribution is 0.0949. The molecule has 1 aromatic carbocycles. The molecule has 0 spiro atoms. The van der Waals surface area contributed by atoms with Gasteiger partial charge in [0.1, 0.15) is 0 Å². The van der Waals surface area contributed by atoms with Gasteiger partial charge < -0.3 is 0 Å². The van der Waals surface area contributed by atoms with Gasteiger partial charge in [0, 0.05) is 4.88 Å². The highest BCUT2D eigenvalue weighted by molar-refractivity contribution is 7.89. The van der Waals surface area contributed by atoms with Gasteiger partial charge in [0.25, 0.3) is 15.9 Å². The minimum Gasteiger partial charge on any atom is -0.273 e. The van der Waals surface area contributed by atoms with Crippen molar-refractivity contribution in [1.82, 2.24) is 10.3 Å². The Morgan fingerprint density at radius 2 is 1.83 bits per heavy atom. The normalized spacial score (nSPS) is 11.5. The smallest absolute Gasteiger partial charge is 0.273 e. The number of hydrogen-bond donors (Lipinski definition) is 2. The monoisotopic (exact) mass is 352 g/mol. The summed E-state index contributed by atoms with van der Waals surface area (Å²) in [4.78, 5) is 16.1. The quantitative estimate of drug-likeness (QED) is 0.813. The van der Waals surface area contributed by atoms with Gasteiger partial charge >= 0.3 is 0 Å². The molecular formula is C16H20N2O3S2. The van der Waals surface area contributed by atoms with Gasteiger partial charge in [-0.3, -0.25) is 10.2 Å². The van der Waals surface area contributed by atoms with E-state index in [2.05, 4.69) is 10.3 Å². The summed E-state index contributed by atoms with van der Waals surface area (Å²) in [6, 6.07) is 6.93. The molecule has 0 unspecified atom stereocenters. The Labute approximate surface area is 140 Å². The van der Waals surface area contributed by atoms with Crippen molar-refractivity contribution in [3.05, 3.63) is 50.7 Å². The number of benzene rings is 1. The Balaban J connectivity index is 2.15. The summed E-state index contributed by atoms with van der Waals surface area (Å²) in [6.45, 7) is 7.49. The molecule has 0 atom stereocenters. The van der Waals surface area contributed by atoms with Crippen LogP contribution in [0.5, 0.6) is 0 Å². The van der Waals surface area contributed by atoms with E-state index in [-0.39, 0.29) is 4.90 Å². The molecule has 124 valence electrons. The van der Waals surface area contributed by atoms with Crippen LogP contribution in [0.25, 0.3) is 0 Å². The zero-order valence-corrected chi connectivity index (χ0v) is 15.2. The number of thiophene rings is 1. The second-order valence-electron chi connectivity index (χ2n) is 5.40. The fourth-order valence-electron chi connectivity index (χ4n) is 2.21. The summed E-state index contributed by atoms with van der Waals surface area (Å²) in [6.07, 6.45) is 0.845. The van der Waals surface area contributed by atoms with E-state index >= 15 is 0 Å². The first-order valence-corrected chi connectivity index (χ1v) is 9.53. The molecule has 5 nitrogen and oxygen atoms in total. The summed E-state index contributed by atoms with van der Waals surface area (Å²) in [5.74, 6) is -0.452. The number of carbonyl (C=O) groups excluding carboxylic acids is 1. The molecule has 7 heteroatoms. The third kappa shape index (κ3) is 3.99. The van der Waals surface area contributed by atoms with Crippen LogP contribution in [0.4, 0.5) is 0 Å². The molecule has 0 bridgehead atoms. The number of carbonyl (C=O) groups is 1. The topological polar surface area (TPSA) is 75.3 Å². The van der Waals surface area contributed by atoms with Gasteiger partial charge in [0.05, 0.1) is 9.77 Å². The average Bonchev–Trinajstić information content (AvgIpc) is 2.88. The first-order chi connectivity index (χ1) is 10.7. The molecule has 0 fully saturated rings. The van der Waals surface area contributed by atoms with Gasteiger partial charge in [-0.15, -0.1) is 16.2 Å². The summed E-state index contributed by atoms with van der Waals surface area (Å²) >= 11 is 1.37. The van der Waals surface area contributed by atoms with Crippen LogP contribution in [0.15, 0.2) is 29.2 Å². The van der Waals surface area contributed by atoms with Crippen molar-refractivity contribution in [2.75, 3.05) is 0 Å². The third-order valence-corrected chi connectivity index (χ3v) is 6.27. The molecule has 0 aliphatic heterocycles. The molecule has 2 N–H and O–H groups in total. The maximum absolute atomic E-state index is 12.3. The van der Waals surface area contributed by atoms with Crippen molar-refractivity contribution in [2.24, 2.45) is 0 Å². The molecule has 1 aromatic heterocycles. The van der Waals surface area contributed by atoms with E-state index in [9.17, 15) is 13.2 Å². The van der Waals surface area contributed by atoms with Crippen LogP contribution in [-0.4, -0.2) is 14.3 Å². The Kier molecular flexibility index (Phi) is 5.23. The number of hydrazine groups is 1. The number of rotatable bonds is 5. The lowest BCUT2D eigenvalue weighted by Crippen LogP contribution is -2.41. The molecule has 0 aliphatic rings. The number of nitrogens with one attached hydrogen (secondary N) is 2. The van der Waals surface area contributed by atoms with Crippen LogP contribution in [0.1, 0.15) is 38.2 Å². The van der Waals surface area contributed by atoms with E-state index in [0.29, 0.717) is 10.4 Å². The lowest BCUT2D eigenvalue weighted by Gasteiger charge is -2.10. The maximum Gasteiger partial charge on any atom is 0.276 e. The predicted molar refractivity (Wildman–Crippen MR) is 92.1 cm³/mol. The van der Waals surface area contributed by atoms with Gasteiger partial charge in [-0.1, -0.05) is 19.1 Å².